The number of ether oxygens (including phenoxy) is 1. The van der Waals surface area contributed by atoms with Gasteiger partial charge in [-0.1, -0.05) is 12.1 Å². The second-order valence-corrected chi connectivity index (χ2v) is 7.65. The standard InChI is InChI=1S/C18H19NO5S/c1-24-16-8-5-12(10-18(20)21)9-17(16)25(22,23)19-15-7-6-13-3-2-4-14(13)11-15/h5-9,11,19H,2-4,10H2,1H3,(H,20,21). The topological polar surface area (TPSA) is 92.7 Å². The lowest BCUT2D eigenvalue weighted by Crippen LogP contribution is -2.15. The van der Waals surface area contributed by atoms with Gasteiger partial charge in [-0.25, -0.2) is 8.42 Å². The predicted octanol–water partition coefficient (Wildman–Crippen LogP) is 2.61. The molecule has 0 aliphatic heterocycles. The van der Waals surface area contributed by atoms with Crippen LogP contribution in [0.2, 0.25) is 0 Å². The highest BCUT2D eigenvalue weighted by atomic mass is 32.2. The zero-order valence-electron chi connectivity index (χ0n) is 13.8. The van der Waals surface area contributed by atoms with Crippen LogP contribution < -0.4 is 9.46 Å². The van der Waals surface area contributed by atoms with Crippen molar-refractivity contribution in [3.63, 3.8) is 0 Å². The lowest BCUT2D eigenvalue weighted by molar-refractivity contribution is -0.136. The molecule has 0 fully saturated rings. The van der Waals surface area contributed by atoms with E-state index in [1.165, 1.54) is 24.8 Å². The Labute approximate surface area is 146 Å². The first-order chi connectivity index (χ1) is 11.9. The fraction of sp³-hybridized carbons (Fsp3) is 0.278. The molecular formula is C18H19NO5S. The number of carbonyl (C=O) groups is 1. The molecule has 0 heterocycles. The monoisotopic (exact) mass is 361 g/mol. The van der Waals surface area contributed by atoms with Gasteiger partial charge in [0, 0.05) is 5.69 Å². The molecular weight excluding hydrogens is 342 g/mol. The summed E-state index contributed by atoms with van der Waals surface area (Å²) in [6.45, 7) is 0. The van der Waals surface area contributed by atoms with Crippen molar-refractivity contribution < 1.29 is 23.1 Å². The molecule has 2 aromatic rings. The number of nitrogens with one attached hydrogen (secondary N) is 1. The van der Waals surface area contributed by atoms with Gasteiger partial charge in [-0.3, -0.25) is 9.52 Å². The van der Waals surface area contributed by atoms with Crippen LogP contribution in [-0.4, -0.2) is 26.6 Å². The van der Waals surface area contributed by atoms with E-state index in [4.69, 9.17) is 9.84 Å². The zero-order chi connectivity index (χ0) is 18.0. The molecule has 0 bridgehead atoms. The van der Waals surface area contributed by atoms with Crippen molar-refractivity contribution in [3.05, 3.63) is 53.1 Å². The van der Waals surface area contributed by atoms with Crippen LogP contribution in [-0.2, 0) is 34.1 Å². The number of benzene rings is 2. The number of rotatable bonds is 6. The number of hydrogen-bond acceptors (Lipinski definition) is 4. The third-order valence-electron chi connectivity index (χ3n) is 4.22. The van der Waals surface area contributed by atoms with Crippen molar-refractivity contribution >= 4 is 21.7 Å². The molecule has 7 heteroatoms. The molecule has 3 rings (SSSR count). The summed E-state index contributed by atoms with van der Waals surface area (Å²) in [6.07, 6.45) is 2.79. The van der Waals surface area contributed by atoms with Crippen molar-refractivity contribution in [2.45, 2.75) is 30.6 Å². The number of methoxy groups -OCH3 is 1. The van der Waals surface area contributed by atoms with Crippen molar-refractivity contribution in [1.82, 2.24) is 0 Å². The number of aryl methyl sites for hydroxylation is 2. The lowest BCUT2D eigenvalue weighted by Gasteiger charge is -2.13. The minimum atomic E-state index is -3.90. The predicted molar refractivity (Wildman–Crippen MR) is 93.6 cm³/mol. The van der Waals surface area contributed by atoms with Gasteiger partial charge in [0.2, 0.25) is 0 Å². The van der Waals surface area contributed by atoms with Crippen LogP contribution in [0.1, 0.15) is 23.1 Å². The molecule has 0 saturated heterocycles. The Hall–Kier alpha value is -2.54. The van der Waals surface area contributed by atoms with Crippen molar-refractivity contribution in [2.75, 3.05) is 11.8 Å². The summed E-state index contributed by atoms with van der Waals surface area (Å²) >= 11 is 0. The summed E-state index contributed by atoms with van der Waals surface area (Å²) < 4.78 is 33.3. The summed E-state index contributed by atoms with van der Waals surface area (Å²) in [5.74, 6) is -0.858. The molecule has 2 N–H and O–H groups in total. The second kappa shape index (κ2) is 6.76. The van der Waals surface area contributed by atoms with E-state index in [0.717, 1.165) is 24.8 Å². The van der Waals surface area contributed by atoms with Gasteiger partial charge in [0.05, 0.1) is 13.5 Å². The molecule has 0 spiro atoms. The summed E-state index contributed by atoms with van der Waals surface area (Å²) in [7, 11) is -2.52. The summed E-state index contributed by atoms with van der Waals surface area (Å²) in [4.78, 5) is 10.8. The molecule has 2 aromatic carbocycles. The Morgan fingerprint density at radius 1 is 1.16 bits per heavy atom. The van der Waals surface area contributed by atoms with Gasteiger partial charge in [0.15, 0.2) is 0 Å². The molecule has 0 amide bonds. The normalized spacial score (nSPS) is 13.3. The molecule has 0 atom stereocenters. The van der Waals surface area contributed by atoms with Gasteiger partial charge in [0.1, 0.15) is 10.6 Å². The highest BCUT2D eigenvalue weighted by Crippen LogP contribution is 2.29. The van der Waals surface area contributed by atoms with Crippen LogP contribution in [0.15, 0.2) is 41.3 Å². The van der Waals surface area contributed by atoms with E-state index in [9.17, 15) is 13.2 Å². The fourth-order valence-corrected chi connectivity index (χ4v) is 4.33. The Morgan fingerprint density at radius 3 is 2.64 bits per heavy atom. The van der Waals surface area contributed by atoms with Gasteiger partial charge in [-0.2, -0.15) is 0 Å². The van der Waals surface area contributed by atoms with Gasteiger partial charge in [-0.15, -0.1) is 0 Å². The van der Waals surface area contributed by atoms with Crippen LogP contribution >= 0.6 is 0 Å². The van der Waals surface area contributed by atoms with Crippen molar-refractivity contribution in [2.24, 2.45) is 0 Å². The lowest BCUT2D eigenvalue weighted by atomic mass is 10.1. The first-order valence-corrected chi connectivity index (χ1v) is 9.41. The van der Waals surface area contributed by atoms with Crippen LogP contribution in [0.25, 0.3) is 0 Å². The average molecular weight is 361 g/mol. The minimum absolute atomic E-state index is 0.0748. The molecule has 0 aromatic heterocycles. The number of aliphatic carboxylic acids is 1. The van der Waals surface area contributed by atoms with Gasteiger partial charge in [-0.05, 0) is 60.2 Å². The molecule has 0 saturated carbocycles. The van der Waals surface area contributed by atoms with E-state index in [1.807, 2.05) is 12.1 Å². The highest BCUT2D eigenvalue weighted by Gasteiger charge is 2.22. The van der Waals surface area contributed by atoms with Crippen LogP contribution in [0.5, 0.6) is 5.75 Å². The summed E-state index contributed by atoms with van der Waals surface area (Å²) in [5, 5.41) is 8.92. The maximum absolute atomic E-state index is 12.8. The Kier molecular flexibility index (Phi) is 4.67. The van der Waals surface area contributed by atoms with E-state index in [1.54, 1.807) is 12.1 Å². The number of anilines is 1. The molecule has 1 aliphatic carbocycles. The van der Waals surface area contributed by atoms with E-state index >= 15 is 0 Å². The Bertz CT molecular complexity index is 921. The first kappa shape index (κ1) is 17.3. The summed E-state index contributed by atoms with van der Waals surface area (Å²) in [6, 6.07) is 9.89. The third-order valence-corrected chi connectivity index (χ3v) is 5.63. The van der Waals surface area contributed by atoms with E-state index in [2.05, 4.69) is 4.72 Å². The third kappa shape index (κ3) is 3.76. The number of fused-ring (bicyclic) bond motifs is 1. The second-order valence-electron chi connectivity index (χ2n) is 6.00. The molecule has 1 aliphatic rings. The molecule has 0 unspecified atom stereocenters. The fourth-order valence-electron chi connectivity index (χ4n) is 3.06. The van der Waals surface area contributed by atoms with E-state index < -0.39 is 16.0 Å². The van der Waals surface area contributed by atoms with Crippen molar-refractivity contribution in [1.29, 1.82) is 0 Å². The van der Waals surface area contributed by atoms with Crippen LogP contribution in [0.3, 0.4) is 0 Å². The van der Waals surface area contributed by atoms with E-state index in [-0.39, 0.29) is 17.1 Å². The minimum Gasteiger partial charge on any atom is -0.495 e. The largest absolute Gasteiger partial charge is 0.495 e. The zero-order valence-corrected chi connectivity index (χ0v) is 14.6. The molecule has 6 nitrogen and oxygen atoms in total. The molecule has 0 radical (unpaired) electrons. The van der Waals surface area contributed by atoms with Gasteiger partial charge in [0.25, 0.3) is 10.0 Å². The van der Waals surface area contributed by atoms with E-state index in [0.29, 0.717) is 11.3 Å². The SMILES string of the molecule is COc1ccc(CC(=O)O)cc1S(=O)(=O)Nc1ccc2c(c1)CCC2. The highest BCUT2D eigenvalue weighted by molar-refractivity contribution is 7.92. The van der Waals surface area contributed by atoms with Gasteiger partial charge < -0.3 is 9.84 Å². The van der Waals surface area contributed by atoms with Crippen LogP contribution in [0.4, 0.5) is 5.69 Å². The maximum Gasteiger partial charge on any atom is 0.307 e. The Morgan fingerprint density at radius 2 is 1.92 bits per heavy atom. The smallest absolute Gasteiger partial charge is 0.307 e. The quantitative estimate of drug-likeness (QED) is 0.825. The molecule has 25 heavy (non-hydrogen) atoms. The molecule has 132 valence electrons. The first-order valence-electron chi connectivity index (χ1n) is 7.92. The van der Waals surface area contributed by atoms with Crippen LogP contribution in [0, 0.1) is 0 Å². The number of sulfonamides is 1. The Balaban J connectivity index is 1.94. The number of carboxylic acids is 1. The maximum atomic E-state index is 12.8. The van der Waals surface area contributed by atoms with Crippen molar-refractivity contribution in [3.8, 4) is 5.75 Å². The average Bonchev–Trinajstić information content (AvgIpc) is 3.01. The number of hydrogen-bond donors (Lipinski definition) is 2. The number of carboxylic acid groups (broad SMARTS) is 1. The summed E-state index contributed by atoms with van der Waals surface area (Å²) in [5.41, 5.74) is 3.30. The van der Waals surface area contributed by atoms with Gasteiger partial charge >= 0.3 is 5.97 Å².